The van der Waals surface area contributed by atoms with Crippen molar-refractivity contribution >= 4 is 22.6 Å². The van der Waals surface area contributed by atoms with Crippen LogP contribution in [-0.2, 0) is 6.42 Å². The minimum atomic E-state index is 0.0803. The average molecular weight is 248 g/mol. The van der Waals surface area contributed by atoms with Gasteiger partial charge in [-0.05, 0) is 44.4 Å². The first-order valence-electron chi connectivity index (χ1n) is 6.18. The highest BCUT2D eigenvalue weighted by molar-refractivity contribution is 8.14. The number of hydrogen-bond donors (Lipinski definition) is 1. The van der Waals surface area contributed by atoms with Crippen LogP contribution in [-0.4, -0.2) is 16.5 Å². The first kappa shape index (κ1) is 12.5. The van der Waals surface area contributed by atoms with Crippen molar-refractivity contribution in [1.82, 2.24) is 0 Å². The molecule has 1 N–H and O–H groups in total. The number of aliphatic imine (C=N–C) groups is 1. The summed E-state index contributed by atoms with van der Waals surface area (Å²) in [6, 6.07) is 8.59. The van der Waals surface area contributed by atoms with E-state index in [2.05, 4.69) is 50.4 Å². The van der Waals surface area contributed by atoms with Gasteiger partial charge in [-0.3, -0.25) is 4.99 Å². The van der Waals surface area contributed by atoms with Crippen LogP contribution in [0.4, 0.5) is 5.69 Å². The van der Waals surface area contributed by atoms with Crippen molar-refractivity contribution in [3.63, 3.8) is 0 Å². The lowest BCUT2D eigenvalue weighted by atomic mass is 10.0. The Labute approximate surface area is 108 Å². The molecule has 2 nitrogen and oxygen atoms in total. The summed E-state index contributed by atoms with van der Waals surface area (Å²) in [4.78, 5) is 4.72. The van der Waals surface area contributed by atoms with Gasteiger partial charge in [-0.25, -0.2) is 0 Å². The predicted molar refractivity (Wildman–Crippen MR) is 78.0 cm³/mol. The zero-order chi connectivity index (χ0) is 12.3. The first-order valence-corrected chi connectivity index (χ1v) is 7.16. The van der Waals surface area contributed by atoms with Gasteiger partial charge in [0.2, 0.25) is 0 Å². The van der Waals surface area contributed by atoms with E-state index in [-0.39, 0.29) is 5.54 Å². The van der Waals surface area contributed by atoms with Crippen LogP contribution in [0, 0.1) is 0 Å². The van der Waals surface area contributed by atoms with E-state index >= 15 is 0 Å². The minimum Gasteiger partial charge on any atom is -0.335 e. The summed E-state index contributed by atoms with van der Waals surface area (Å²) in [5.74, 6) is 1.14. The Hall–Kier alpha value is -0.960. The van der Waals surface area contributed by atoms with E-state index in [0.717, 1.165) is 29.4 Å². The van der Waals surface area contributed by atoms with Gasteiger partial charge in [0.1, 0.15) is 0 Å². The maximum absolute atomic E-state index is 4.72. The molecule has 0 aliphatic carbocycles. The van der Waals surface area contributed by atoms with Crippen molar-refractivity contribution in [3.05, 3.63) is 29.8 Å². The molecule has 0 radical (unpaired) electrons. The molecule has 0 saturated heterocycles. The SMILES string of the molecule is CCc1ccc(NC2=NC(C)(C)CCS2)cc1. The van der Waals surface area contributed by atoms with E-state index in [4.69, 9.17) is 4.99 Å². The number of rotatable bonds is 2. The van der Waals surface area contributed by atoms with Crippen LogP contribution >= 0.6 is 11.8 Å². The van der Waals surface area contributed by atoms with Gasteiger partial charge in [0.25, 0.3) is 0 Å². The highest BCUT2D eigenvalue weighted by Crippen LogP contribution is 2.26. The highest BCUT2D eigenvalue weighted by atomic mass is 32.2. The van der Waals surface area contributed by atoms with Crippen LogP contribution in [0.2, 0.25) is 0 Å². The molecule has 1 aromatic carbocycles. The standard InChI is InChI=1S/C14H20N2S/c1-4-11-5-7-12(8-6-11)15-13-16-14(2,3)9-10-17-13/h5-8H,4,9-10H2,1-3H3,(H,15,16). The Morgan fingerprint density at radius 2 is 2.00 bits per heavy atom. The number of hydrogen-bond acceptors (Lipinski definition) is 3. The third kappa shape index (κ3) is 3.50. The molecule has 0 aromatic heterocycles. The lowest BCUT2D eigenvalue weighted by Crippen LogP contribution is -2.27. The van der Waals surface area contributed by atoms with Crippen LogP contribution in [0.15, 0.2) is 29.3 Å². The lowest BCUT2D eigenvalue weighted by Gasteiger charge is -2.26. The molecular weight excluding hydrogens is 228 g/mol. The smallest absolute Gasteiger partial charge is 0.161 e. The number of aryl methyl sites for hydroxylation is 1. The summed E-state index contributed by atoms with van der Waals surface area (Å²) in [5, 5.41) is 4.45. The Morgan fingerprint density at radius 3 is 2.59 bits per heavy atom. The Balaban J connectivity index is 2.07. The zero-order valence-corrected chi connectivity index (χ0v) is 11.6. The molecule has 17 heavy (non-hydrogen) atoms. The van der Waals surface area contributed by atoms with Crippen molar-refractivity contribution < 1.29 is 0 Å². The molecule has 0 amide bonds. The quantitative estimate of drug-likeness (QED) is 0.857. The summed E-state index contributed by atoms with van der Waals surface area (Å²) in [7, 11) is 0. The minimum absolute atomic E-state index is 0.0803. The fourth-order valence-electron chi connectivity index (χ4n) is 1.77. The molecule has 0 atom stereocenters. The molecule has 1 aromatic rings. The number of anilines is 1. The van der Waals surface area contributed by atoms with Gasteiger partial charge in [0.05, 0.1) is 5.54 Å². The van der Waals surface area contributed by atoms with Crippen molar-refractivity contribution in [2.24, 2.45) is 4.99 Å². The second kappa shape index (κ2) is 5.13. The first-order chi connectivity index (χ1) is 8.09. The van der Waals surface area contributed by atoms with Crippen molar-refractivity contribution in [2.45, 2.75) is 39.2 Å². The molecule has 0 fully saturated rings. The second-order valence-corrected chi connectivity index (χ2v) is 6.09. The van der Waals surface area contributed by atoms with E-state index in [9.17, 15) is 0 Å². The molecule has 0 unspecified atom stereocenters. The topological polar surface area (TPSA) is 24.4 Å². The number of thioether (sulfide) groups is 1. The van der Waals surface area contributed by atoms with Crippen LogP contribution in [0.3, 0.4) is 0 Å². The third-order valence-electron chi connectivity index (χ3n) is 2.97. The monoisotopic (exact) mass is 248 g/mol. The maximum atomic E-state index is 4.72. The van der Waals surface area contributed by atoms with E-state index < -0.39 is 0 Å². The second-order valence-electron chi connectivity index (χ2n) is 5.00. The fourth-order valence-corrected chi connectivity index (χ4v) is 3.07. The Kier molecular flexibility index (Phi) is 3.77. The van der Waals surface area contributed by atoms with Crippen molar-refractivity contribution in [2.75, 3.05) is 11.1 Å². The van der Waals surface area contributed by atoms with E-state index in [1.807, 2.05) is 11.8 Å². The van der Waals surface area contributed by atoms with E-state index in [0.29, 0.717) is 0 Å². The van der Waals surface area contributed by atoms with Crippen LogP contribution in [0.1, 0.15) is 32.8 Å². The molecule has 0 spiro atoms. The molecule has 1 aliphatic rings. The van der Waals surface area contributed by atoms with Gasteiger partial charge in [-0.15, -0.1) is 0 Å². The molecule has 0 saturated carbocycles. The number of nitrogens with zero attached hydrogens (tertiary/aromatic N) is 1. The Bertz CT molecular complexity index is 407. The lowest BCUT2D eigenvalue weighted by molar-refractivity contribution is 0.507. The molecule has 1 heterocycles. The van der Waals surface area contributed by atoms with Crippen LogP contribution < -0.4 is 5.32 Å². The molecule has 3 heteroatoms. The Morgan fingerprint density at radius 1 is 1.29 bits per heavy atom. The molecule has 92 valence electrons. The predicted octanol–water partition coefficient (Wildman–Crippen LogP) is 3.93. The molecule has 1 aliphatic heterocycles. The summed E-state index contributed by atoms with van der Waals surface area (Å²) < 4.78 is 0. The van der Waals surface area contributed by atoms with E-state index in [1.165, 1.54) is 5.56 Å². The van der Waals surface area contributed by atoms with Crippen molar-refractivity contribution in [3.8, 4) is 0 Å². The normalized spacial score (nSPS) is 18.6. The molecular formula is C14H20N2S. The molecule has 0 bridgehead atoms. The number of nitrogens with one attached hydrogen (secondary N) is 1. The molecule has 2 rings (SSSR count). The summed E-state index contributed by atoms with van der Waals surface area (Å²) in [6.07, 6.45) is 2.24. The zero-order valence-electron chi connectivity index (χ0n) is 10.8. The van der Waals surface area contributed by atoms with Gasteiger partial charge in [-0.2, -0.15) is 0 Å². The number of amidine groups is 1. The fraction of sp³-hybridized carbons (Fsp3) is 0.500. The largest absolute Gasteiger partial charge is 0.335 e. The average Bonchev–Trinajstić information content (AvgIpc) is 2.29. The van der Waals surface area contributed by atoms with Gasteiger partial charge in [0, 0.05) is 11.4 Å². The van der Waals surface area contributed by atoms with E-state index in [1.54, 1.807) is 0 Å². The summed E-state index contributed by atoms with van der Waals surface area (Å²) in [5.41, 5.74) is 2.58. The maximum Gasteiger partial charge on any atom is 0.161 e. The van der Waals surface area contributed by atoms with Gasteiger partial charge < -0.3 is 5.32 Å². The van der Waals surface area contributed by atoms with Gasteiger partial charge in [-0.1, -0.05) is 30.8 Å². The number of benzene rings is 1. The van der Waals surface area contributed by atoms with Crippen LogP contribution in [0.5, 0.6) is 0 Å². The van der Waals surface area contributed by atoms with Crippen molar-refractivity contribution in [1.29, 1.82) is 0 Å². The van der Waals surface area contributed by atoms with Gasteiger partial charge in [0.15, 0.2) is 5.17 Å². The third-order valence-corrected chi connectivity index (χ3v) is 3.85. The highest BCUT2D eigenvalue weighted by Gasteiger charge is 2.22. The summed E-state index contributed by atoms with van der Waals surface area (Å²) >= 11 is 1.81. The summed E-state index contributed by atoms with van der Waals surface area (Å²) in [6.45, 7) is 6.55. The van der Waals surface area contributed by atoms with Gasteiger partial charge >= 0.3 is 0 Å². The van der Waals surface area contributed by atoms with Crippen LogP contribution in [0.25, 0.3) is 0 Å².